The number of carbonyl (C=O) groups is 1. The average Bonchev–Trinajstić information content (AvgIpc) is 2.27. The van der Waals surface area contributed by atoms with Gasteiger partial charge in [0.2, 0.25) is 0 Å². The van der Waals surface area contributed by atoms with Crippen LogP contribution in [0.1, 0.15) is 12.0 Å². The monoisotopic (exact) mass is 216 g/mol. The molecule has 0 aliphatic heterocycles. The third kappa shape index (κ3) is 1.98. The Hall–Kier alpha value is -2.03. The van der Waals surface area contributed by atoms with E-state index in [0.717, 1.165) is 16.3 Å². The predicted molar refractivity (Wildman–Crippen MR) is 61.6 cm³/mol. The summed E-state index contributed by atoms with van der Waals surface area (Å²) in [6.45, 7) is 0. The van der Waals surface area contributed by atoms with Gasteiger partial charge in [0, 0.05) is 11.8 Å². The summed E-state index contributed by atoms with van der Waals surface area (Å²) in [5, 5.41) is 20.0. The fourth-order valence-electron chi connectivity index (χ4n) is 1.82. The van der Waals surface area contributed by atoms with Crippen LogP contribution in [0.25, 0.3) is 10.8 Å². The number of aromatic hydroxyl groups is 1. The summed E-state index contributed by atoms with van der Waals surface area (Å²) in [5.74, 6) is -0.577. The number of hydrogen-bond acceptors (Lipinski definition) is 2. The molecule has 0 atom stereocenters. The molecule has 0 unspecified atom stereocenters. The van der Waals surface area contributed by atoms with Gasteiger partial charge in [0.25, 0.3) is 0 Å². The second-order valence-electron chi connectivity index (χ2n) is 3.68. The SMILES string of the molecule is O=C(O)CCc1cccc2c(O)cccc12. The quantitative estimate of drug-likeness (QED) is 0.829. The first-order chi connectivity index (χ1) is 7.68. The van der Waals surface area contributed by atoms with Crippen LogP contribution in [-0.2, 0) is 11.2 Å². The zero-order chi connectivity index (χ0) is 11.5. The number of carboxylic acids is 1. The molecule has 0 aromatic heterocycles. The van der Waals surface area contributed by atoms with Crippen molar-refractivity contribution >= 4 is 16.7 Å². The molecule has 0 spiro atoms. The third-order valence-electron chi connectivity index (χ3n) is 2.60. The van der Waals surface area contributed by atoms with Gasteiger partial charge in [-0.3, -0.25) is 4.79 Å². The fraction of sp³-hybridized carbons (Fsp3) is 0.154. The first kappa shape index (κ1) is 10.5. The lowest BCUT2D eigenvalue weighted by Gasteiger charge is -2.06. The summed E-state index contributed by atoms with van der Waals surface area (Å²) in [5.41, 5.74) is 0.954. The molecule has 82 valence electrons. The minimum atomic E-state index is -0.808. The second kappa shape index (κ2) is 4.23. The molecular weight excluding hydrogens is 204 g/mol. The Morgan fingerprint density at radius 1 is 1.06 bits per heavy atom. The fourth-order valence-corrected chi connectivity index (χ4v) is 1.82. The van der Waals surface area contributed by atoms with Crippen molar-refractivity contribution in [2.24, 2.45) is 0 Å². The number of fused-ring (bicyclic) bond motifs is 1. The van der Waals surface area contributed by atoms with Crippen molar-refractivity contribution in [1.82, 2.24) is 0 Å². The van der Waals surface area contributed by atoms with Gasteiger partial charge >= 0.3 is 5.97 Å². The van der Waals surface area contributed by atoms with Gasteiger partial charge < -0.3 is 10.2 Å². The molecule has 2 aromatic rings. The van der Waals surface area contributed by atoms with Crippen LogP contribution in [0.4, 0.5) is 0 Å². The van der Waals surface area contributed by atoms with E-state index in [9.17, 15) is 9.90 Å². The molecule has 0 amide bonds. The van der Waals surface area contributed by atoms with Crippen LogP contribution in [-0.4, -0.2) is 16.2 Å². The van der Waals surface area contributed by atoms with Crippen molar-refractivity contribution < 1.29 is 15.0 Å². The molecule has 3 nitrogen and oxygen atoms in total. The van der Waals surface area contributed by atoms with Crippen molar-refractivity contribution in [3.05, 3.63) is 42.0 Å². The molecule has 0 aliphatic rings. The molecule has 16 heavy (non-hydrogen) atoms. The number of phenolic OH excluding ortho intramolecular Hbond substituents is 1. The molecule has 0 saturated heterocycles. The smallest absolute Gasteiger partial charge is 0.303 e. The standard InChI is InChI=1S/C13H12O3/c14-12-6-2-4-10-9(7-8-13(15)16)3-1-5-11(10)12/h1-6,14H,7-8H2,(H,15,16). The van der Waals surface area contributed by atoms with Crippen molar-refractivity contribution in [3.63, 3.8) is 0 Å². The lowest BCUT2D eigenvalue weighted by Crippen LogP contribution is -1.97. The van der Waals surface area contributed by atoms with E-state index in [1.807, 2.05) is 24.3 Å². The third-order valence-corrected chi connectivity index (χ3v) is 2.60. The van der Waals surface area contributed by atoms with E-state index in [4.69, 9.17) is 5.11 Å². The van der Waals surface area contributed by atoms with Crippen molar-refractivity contribution in [3.8, 4) is 5.75 Å². The number of aliphatic carboxylic acids is 1. The van der Waals surface area contributed by atoms with Gasteiger partial charge in [0.1, 0.15) is 5.75 Å². The predicted octanol–water partition coefficient (Wildman–Crippen LogP) is 2.56. The largest absolute Gasteiger partial charge is 0.507 e. The molecule has 2 N–H and O–H groups in total. The Morgan fingerprint density at radius 3 is 2.50 bits per heavy atom. The highest BCUT2D eigenvalue weighted by Crippen LogP contribution is 2.27. The lowest BCUT2D eigenvalue weighted by atomic mass is 10.0. The van der Waals surface area contributed by atoms with E-state index < -0.39 is 5.97 Å². The minimum absolute atomic E-state index is 0.106. The van der Waals surface area contributed by atoms with Crippen LogP contribution in [0.5, 0.6) is 5.75 Å². The van der Waals surface area contributed by atoms with Crippen LogP contribution >= 0.6 is 0 Å². The van der Waals surface area contributed by atoms with Gasteiger partial charge in [-0.05, 0) is 23.4 Å². The summed E-state index contributed by atoms with van der Waals surface area (Å²) < 4.78 is 0. The number of phenols is 1. The number of benzene rings is 2. The summed E-state index contributed by atoms with van der Waals surface area (Å²) >= 11 is 0. The Bertz CT molecular complexity index is 532. The van der Waals surface area contributed by atoms with Crippen molar-refractivity contribution in [2.45, 2.75) is 12.8 Å². The topological polar surface area (TPSA) is 57.5 Å². The van der Waals surface area contributed by atoms with Crippen LogP contribution < -0.4 is 0 Å². The van der Waals surface area contributed by atoms with Gasteiger partial charge in [-0.25, -0.2) is 0 Å². The van der Waals surface area contributed by atoms with E-state index in [2.05, 4.69) is 0 Å². The summed E-state index contributed by atoms with van der Waals surface area (Å²) in [4.78, 5) is 10.5. The lowest BCUT2D eigenvalue weighted by molar-refractivity contribution is -0.136. The maximum atomic E-state index is 10.5. The minimum Gasteiger partial charge on any atom is -0.507 e. The van der Waals surface area contributed by atoms with Gasteiger partial charge in [0.15, 0.2) is 0 Å². The van der Waals surface area contributed by atoms with Crippen molar-refractivity contribution in [2.75, 3.05) is 0 Å². The molecule has 2 rings (SSSR count). The number of rotatable bonds is 3. The first-order valence-electron chi connectivity index (χ1n) is 5.10. The van der Waals surface area contributed by atoms with Crippen LogP contribution in [0.15, 0.2) is 36.4 Å². The van der Waals surface area contributed by atoms with E-state index >= 15 is 0 Å². The number of aryl methyl sites for hydroxylation is 1. The highest BCUT2D eigenvalue weighted by Gasteiger charge is 2.05. The molecular formula is C13H12O3. The Balaban J connectivity index is 2.45. The zero-order valence-corrected chi connectivity index (χ0v) is 8.68. The molecule has 3 heteroatoms. The Kier molecular flexibility index (Phi) is 2.77. The van der Waals surface area contributed by atoms with Gasteiger partial charge in [-0.15, -0.1) is 0 Å². The molecule has 0 bridgehead atoms. The van der Waals surface area contributed by atoms with Crippen molar-refractivity contribution in [1.29, 1.82) is 0 Å². The molecule has 0 heterocycles. The average molecular weight is 216 g/mol. The highest BCUT2D eigenvalue weighted by molar-refractivity contribution is 5.90. The number of hydrogen-bond donors (Lipinski definition) is 2. The summed E-state index contributed by atoms with van der Waals surface area (Å²) in [6.07, 6.45) is 0.588. The first-order valence-corrected chi connectivity index (χ1v) is 5.10. The zero-order valence-electron chi connectivity index (χ0n) is 8.68. The van der Waals surface area contributed by atoms with Crippen LogP contribution in [0.2, 0.25) is 0 Å². The van der Waals surface area contributed by atoms with E-state index in [1.54, 1.807) is 12.1 Å². The highest BCUT2D eigenvalue weighted by atomic mass is 16.4. The van der Waals surface area contributed by atoms with E-state index in [1.165, 1.54) is 0 Å². The van der Waals surface area contributed by atoms with E-state index in [0.29, 0.717) is 6.42 Å². The molecule has 0 radical (unpaired) electrons. The van der Waals surface area contributed by atoms with E-state index in [-0.39, 0.29) is 12.2 Å². The molecule has 0 aliphatic carbocycles. The summed E-state index contributed by atoms with van der Waals surface area (Å²) in [6, 6.07) is 10.8. The maximum absolute atomic E-state index is 10.5. The Morgan fingerprint density at radius 2 is 1.75 bits per heavy atom. The number of carboxylic acid groups (broad SMARTS) is 1. The van der Waals surface area contributed by atoms with Gasteiger partial charge in [-0.2, -0.15) is 0 Å². The normalized spacial score (nSPS) is 10.5. The second-order valence-corrected chi connectivity index (χ2v) is 3.68. The maximum Gasteiger partial charge on any atom is 0.303 e. The molecule has 2 aromatic carbocycles. The van der Waals surface area contributed by atoms with Gasteiger partial charge in [0.05, 0.1) is 0 Å². The summed E-state index contributed by atoms with van der Waals surface area (Å²) in [7, 11) is 0. The molecule has 0 fully saturated rings. The van der Waals surface area contributed by atoms with Crippen LogP contribution in [0, 0.1) is 0 Å². The van der Waals surface area contributed by atoms with Gasteiger partial charge in [-0.1, -0.05) is 30.3 Å². The Labute approximate surface area is 93.0 Å². The molecule has 0 saturated carbocycles. The van der Waals surface area contributed by atoms with Crippen LogP contribution in [0.3, 0.4) is 0 Å².